The fraction of sp³-hybridized carbons (Fsp3) is 0.0769. The number of halogens is 5. The molecule has 1 unspecified atom stereocenters. The van der Waals surface area contributed by atoms with Crippen molar-refractivity contribution in [1.29, 1.82) is 0 Å². The van der Waals surface area contributed by atoms with Crippen LogP contribution in [-0.2, 0) is 20.8 Å². The highest BCUT2D eigenvalue weighted by molar-refractivity contribution is 7.92. The van der Waals surface area contributed by atoms with Gasteiger partial charge in [0.1, 0.15) is 5.69 Å². The van der Waals surface area contributed by atoms with Gasteiger partial charge in [0.25, 0.3) is 10.0 Å². The SMILES string of the molecule is O=[P+](O)c1ccc(Cl)cc1NS(=O)(=O)c1ccc(Cl)c(C(F)(F)F)c1. The molecule has 2 N–H and O–H groups in total. The lowest BCUT2D eigenvalue weighted by atomic mass is 10.2. The molecule has 0 heterocycles. The van der Waals surface area contributed by atoms with Crippen LogP contribution >= 0.6 is 31.2 Å². The van der Waals surface area contributed by atoms with Gasteiger partial charge < -0.3 is 0 Å². The van der Waals surface area contributed by atoms with Gasteiger partial charge in [-0.15, -0.1) is 0 Å². The van der Waals surface area contributed by atoms with Crippen LogP contribution in [0, 0.1) is 0 Å². The van der Waals surface area contributed by atoms with Crippen molar-refractivity contribution in [2.75, 3.05) is 4.72 Å². The van der Waals surface area contributed by atoms with E-state index < -0.39 is 39.7 Å². The van der Waals surface area contributed by atoms with Crippen molar-refractivity contribution in [3.63, 3.8) is 0 Å². The Balaban J connectivity index is 2.51. The number of benzene rings is 2. The second-order valence-electron chi connectivity index (χ2n) is 4.68. The number of alkyl halides is 3. The third kappa shape index (κ3) is 4.62. The maximum absolute atomic E-state index is 12.9. The second-order valence-corrected chi connectivity index (χ2v) is 8.23. The average molecular weight is 433 g/mol. The van der Waals surface area contributed by atoms with Crippen LogP contribution in [0.1, 0.15) is 5.56 Å². The Morgan fingerprint density at radius 2 is 1.72 bits per heavy atom. The quantitative estimate of drug-likeness (QED) is 0.710. The van der Waals surface area contributed by atoms with Crippen LogP contribution in [0.3, 0.4) is 0 Å². The van der Waals surface area contributed by atoms with Gasteiger partial charge in [0, 0.05) is 5.02 Å². The number of rotatable bonds is 4. The molecular weight excluding hydrogens is 425 g/mol. The molecule has 0 saturated carbocycles. The molecular formula is C13H8Cl2F3NO4PS+. The van der Waals surface area contributed by atoms with Crippen molar-refractivity contribution in [2.24, 2.45) is 0 Å². The highest BCUT2D eigenvalue weighted by Gasteiger charge is 2.35. The van der Waals surface area contributed by atoms with Gasteiger partial charge in [0.2, 0.25) is 5.30 Å². The molecule has 134 valence electrons. The lowest BCUT2D eigenvalue weighted by Gasteiger charge is -2.12. The first-order valence-corrected chi connectivity index (χ1v) is 9.72. The summed E-state index contributed by atoms with van der Waals surface area (Å²) < 4.78 is 76.6. The summed E-state index contributed by atoms with van der Waals surface area (Å²) in [5, 5.41) is -0.869. The maximum Gasteiger partial charge on any atom is 0.548 e. The van der Waals surface area contributed by atoms with Crippen molar-refractivity contribution in [2.45, 2.75) is 11.1 Å². The smallest absolute Gasteiger partial charge is 0.275 e. The van der Waals surface area contributed by atoms with E-state index >= 15 is 0 Å². The van der Waals surface area contributed by atoms with Crippen LogP contribution in [0.2, 0.25) is 10.0 Å². The van der Waals surface area contributed by atoms with Gasteiger partial charge >= 0.3 is 14.2 Å². The summed E-state index contributed by atoms with van der Waals surface area (Å²) in [5.74, 6) is 0. The molecule has 0 aliphatic carbocycles. The van der Waals surface area contributed by atoms with E-state index in [-0.39, 0.29) is 16.0 Å². The first-order chi connectivity index (χ1) is 11.4. The van der Waals surface area contributed by atoms with Gasteiger partial charge in [-0.1, -0.05) is 23.2 Å². The van der Waals surface area contributed by atoms with E-state index in [1.54, 1.807) is 0 Å². The van der Waals surface area contributed by atoms with Crippen molar-refractivity contribution < 1.29 is 31.0 Å². The molecule has 25 heavy (non-hydrogen) atoms. The summed E-state index contributed by atoms with van der Waals surface area (Å²) in [4.78, 5) is 8.50. The molecule has 0 radical (unpaired) electrons. The van der Waals surface area contributed by atoms with Crippen LogP contribution < -0.4 is 10.0 Å². The third-order valence-electron chi connectivity index (χ3n) is 2.96. The fourth-order valence-electron chi connectivity index (χ4n) is 1.85. The monoisotopic (exact) mass is 432 g/mol. The summed E-state index contributed by atoms with van der Waals surface area (Å²) in [6.45, 7) is 0. The molecule has 0 saturated heterocycles. The minimum atomic E-state index is -4.85. The van der Waals surface area contributed by atoms with Gasteiger partial charge in [0.15, 0.2) is 0 Å². The summed E-state index contributed by atoms with van der Waals surface area (Å²) in [6.07, 6.45) is -4.85. The van der Waals surface area contributed by atoms with E-state index in [1.807, 2.05) is 4.72 Å². The summed E-state index contributed by atoms with van der Waals surface area (Å²) in [6, 6.07) is 5.50. The number of anilines is 1. The zero-order valence-electron chi connectivity index (χ0n) is 11.9. The van der Waals surface area contributed by atoms with Crippen LogP contribution in [-0.4, -0.2) is 13.3 Å². The Hall–Kier alpha value is -1.38. The molecule has 0 aliphatic rings. The van der Waals surface area contributed by atoms with E-state index in [1.165, 1.54) is 6.07 Å². The van der Waals surface area contributed by atoms with Gasteiger partial charge in [-0.25, -0.2) is 8.42 Å². The predicted molar refractivity (Wildman–Crippen MR) is 88.2 cm³/mol. The van der Waals surface area contributed by atoms with Crippen LogP contribution in [0.5, 0.6) is 0 Å². The number of hydrogen-bond acceptors (Lipinski definition) is 3. The van der Waals surface area contributed by atoms with Crippen molar-refractivity contribution in [1.82, 2.24) is 0 Å². The average Bonchev–Trinajstić information content (AvgIpc) is 2.45. The highest BCUT2D eigenvalue weighted by Crippen LogP contribution is 2.36. The number of sulfonamides is 1. The predicted octanol–water partition coefficient (Wildman–Crippen LogP) is 4.17. The standard InChI is InChI=1S/C13H7Cl2F3NO4PS/c14-7-1-4-12(24(20)21)11(5-7)19-25(22,23)8-2-3-10(15)9(6-8)13(16,17)18/h1-6,19H/p+1. The summed E-state index contributed by atoms with van der Waals surface area (Å²) in [5.41, 5.74) is -1.64. The first-order valence-electron chi connectivity index (χ1n) is 6.27. The van der Waals surface area contributed by atoms with E-state index in [4.69, 9.17) is 23.2 Å². The molecule has 5 nitrogen and oxygen atoms in total. The minimum absolute atomic E-state index is 0.0605. The molecule has 2 rings (SSSR count). The fourth-order valence-corrected chi connectivity index (χ4v) is 3.95. The largest absolute Gasteiger partial charge is 0.548 e. The molecule has 0 amide bonds. The first kappa shape index (κ1) is 19.9. The number of nitrogens with one attached hydrogen (secondary N) is 1. The van der Waals surface area contributed by atoms with Crippen LogP contribution in [0.4, 0.5) is 18.9 Å². The molecule has 2 aromatic carbocycles. The van der Waals surface area contributed by atoms with Gasteiger partial charge in [-0.2, -0.15) is 18.1 Å². The normalized spacial score (nSPS) is 12.8. The van der Waals surface area contributed by atoms with Crippen LogP contribution in [0.15, 0.2) is 41.3 Å². The Morgan fingerprint density at radius 3 is 2.28 bits per heavy atom. The maximum atomic E-state index is 12.9. The van der Waals surface area contributed by atoms with E-state index in [0.717, 1.165) is 24.3 Å². The molecule has 12 heteroatoms. The molecule has 0 bridgehead atoms. The summed E-state index contributed by atoms with van der Waals surface area (Å²) in [7, 11) is -7.41. The van der Waals surface area contributed by atoms with E-state index in [2.05, 4.69) is 0 Å². The van der Waals surface area contributed by atoms with E-state index in [0.29, 0.717) is 6.07 Å². The Kier molecular flexibility index (Phi) is 5.65. The Labute approximate surface area is 151 Å². The lowest BCUT2D eigenvalue weighted by molar-refractivity contribution is -0.137. The van der Waals surface area contributed by atoms with E-state index in [9.17, 15) is 31.0 Å². The topological polar surface area (TPSA) is 83.5 Å². The molecule has 2 aromatic rings. The van der Waals surface area contributed by atoms with Crippen molar-refractivity contribution >= 4 is 52.2 Å². The molecule has 0 fully saturated rings. The molecule has 0 aliphatic heterocycles. The van der Waals surface area contributed by atoms with Crippen LogP contribution in [0.25, 0.3) is 0 Å². The highest BCUT2D eigenvalue weighted by atomic mass is 35.5. The Bertz CT molecular complexity index is 951. The zero-order valence-corrected chi connectivity index (χ0v) is 15.1. The third-order valence-corrected chi connectivity index (χ3v) is 5.69. The van der Waals surface area contributed by atoms with Gasteiger partial charge in [-0.05, 0) is 41.0 Å². The molecule has 0 aromatic heterocycles. The molecule has 1 atom stereocenters. The van der Waals surface area contributed by atoms with Gasteiger partial charge in [-0.3, -0.25) is 4.72 Å². The minimum Gasteiger partial charge on any atom is -0.275 e. The Morgan fingerprint density at radius 1 is 1.08 bits per heavy atom. The number of hydrogen-bond donors (Lipinski definition) is 2. The second kappa shape index (κ2) is 7.09. The van der Waals surface area contributed by atoms with Gasteiger partial charge in [0.05, 0.1) is 15.5 Å². The zero-order chi connectivity index (χ0) is 19.0. The molecule has 0 spiro atoms. The van der Waals surface area contributed by atoms with Crippen molar-refractivity contribution in [3.05, 3.63) is 52.0 Å². The summed E-state index contributed by atoms with van der Waals surface area (Å²) >= 11 is 11.2. The lowest BCUT2D eigenvalue weighted by Crippen LogP contribution is -2.18. The van der Waals surface area contributed by atoms with Crippen molar-refractivity contribution in [3.8, 4) is 0 Å².